The summed E-state index contributed by atoms with van der Waals surface area (Å²) in [5.74, 6) is 3.76. The second kappa shape index (κ2) is 8.08. The summed E-state index contributed by atoms with van der Waals surface area (Å²) in [6.45, 7) is 2.46. The number of nitrogens with one attached hydrogen (secondary N) is 1. The van der Waals surface area contributed by atoms with Crippen molar-refractivity contribution in [3.63, 3.8) is 0 Å². The zero-order valence-corrected chi connectivity index (χ0v) is 13.2. The quantitative estimate of drug-likeness (QED) is 0.788. The fourth-order valence-electron chi connectivity index (χ4n) is 1.84. The van der Waals surface area contributed by atoms with E-state index in [1.807, 2.05) is 6.92 Å². The van der Waals surface area contributed by atoms with Crippen LogP contribution in [0.4, 0.5) is 4.39 Å². The molecule has 0 spiro atoms. The Labute approximate surface area is 137 Å². The number of rotatable bonds is 6. The van der Waals surface area contributed by atoms with Crippen molar-refractivity contribution < 1.29 is 23.8 Å². The highest BCUT2D eigenvalue weighted by atomic mass is 19.1. The maximum atomic E-state index is 14.1. The summed E-state index contributed by atoms with van der Waals surface area (Å²) in [6.07, 6.45) is 0.799. The van der Waals surface area contributed by atoms with E-state index in [1.54, 1.807) is 7.11 Å². The largest absolute Gasteiger partial charge is 0.476 e. The average molecular weight is 333 g/mol. The van der Waals surface area contributed by atoms with Crippen LogP contribution >= 0.6 is 0 Å². The van der Waals surface area contributed by atoms with Crippen LogP contribution < -0.4 is 4.74 Å². The number of benzene rings is 1. The second-order valence-electron chi connectivity index (χ2n) is 4.87. The van der Waals surface area contributed by atoms with Crippen molar-refractivity contribution in [2.45, 2.75) is 13.3 Å². The van der Waals surface area contributed by atoms with Crippen LogP contribution in [0.25, 0.3) is 0 Å². The summed E-state index contributed by atoms with van der Waals surface area (Å²) in [5, 5.41) is 18.0. The first-order chi connectivity index (χ1) is 11.5. The molecule has 24 heavy (non-hydrogen) atoms. The van der Waals surface area contributed by atoms with Crippen LogP contribution in [0.2, 0.25) is 0 Å². The minimum Gasteiger partial charge on any atom is -0.476 e. The Morgan fingerprint density at radius 1 is 1.50 bits per heavy atom. The Morgan fingerprint density at radius 2 is 2.29 bits per heavy atom. The fourth-order valence-corrected chi connectivity index (χ4v) is 1.84. The molecule has 0 fully saturated rings. The number of carbonyl (C=O) groups is 1. The molecule has 0 aliphatic heterocycles. The van der Waals surface area contributed by atoms with Gasteiger partial charge in [-0.3, -0.25) is 0 Å². The Hall–Kier alpha value is -2.92. The van der Waals surface area contributed by atoms with Gasteiger partial charge in [0.1, 0.15) is 11.6 Å². The van der Waals surface area contributed by atoms with Crippen LogP contribution in [-0.2, 0) is 4.74 Å². The molecule has 1 unspecified atom stereocenters. The highest BCUT2D eigenvalue weighted by molar-refractivity contribution is 5.87. The van der Waals surface area contributed by atoms with E-state index in [-0.39, 0.29) is 28.8 Å². The molecular weight excluding hydrogens is 317 g/mol. The van der Waals surface area contributed by atoms with Gasteiger partial charge in [0.2, 0.25) is 5.69 Å². The summed E-state index contributed by atoms with van der Waals surface area (Å²) in [4.78, 5) is 10.9. The Morgan fingerprint density at radius 3 is 2.92 bits per heavy atom. The van der Waals surface area contributed by atoms with Crippen molar-refractivity contribution in [3.8, 4) is 23.5 Å². The molecule has 0 aliphatic carbocycles. The standard InChI is InChI=1S/C16H16FN3O4/c1-3-10(9-23-2)4-5-11-6-7-12(8-13(11)17)24-15-14(16(21)22)18-20-19-15/h6-8,10H,3,9H2,1-2H3,(H,21,22)(H,18,19,20). The van der Waals surface area contributed by atoms with Gasteiger partial charge < -0.3 is 14.6 Å². The van der Waals surface area contributed by atoms with Gasteiger partial charge in [-0.25, -0.2) is 14.3 Å². The van der Waals surface area contributed by atoms with E-state index in [0.29, 0.717) is 6.61 Å². The summed E-state index contributed by atoms with van der Waals surface area (Å²) in [7, 11) is 1.59. The van der Waals surface area contributed by atoms with Crippen molar-refractivity contribution in [3.05, 3.63) is 35.3 Å². The van der Waals surface area contributed by atoms with E-state index in [9.17, 15) is 9.18 Å². The van der Waals surface area contributed by atoms with Crippen LogP contribution in [0.3, 0.4) is 0 Å². The lowest BCUT2D eigenvalue weighted by atomic mass is 10.1. The summed E-state index contributed by atoms with van der Waals surface area (Å²) < 4.78 is 24.4. The SMILES string of the molecule is CCC(C#Cc1ccc(Oc2nn[nH]c2C(=O)O)cc1F)COC. The number of H-pyrrole nitrogens is 1. The van der Waals surface area contributed by atoms with Gasteiger partial charge in [-0.15, -0.1) is 0 Å². The van der Waals surface area contributed by atoms with Gasteiger partial charge in [0.05, 0.1) is 12.2 Å². The van der Waals surface area contributed by atoms with Crippen molar-refractivity contribution in [2.24, 2.45) is 5.92 Å². The number of aromatic amines is 1. The number of hydrogen-bond donors (Lipinski definition) is 2. The molecule has 2 aromatic rings. The summed E-state index contributed by atoms with van der Waals surface area (Å²) >= 11 is 0. The lowest BCUT2D eigenvalue weighted by molar-refractivity contribution is 0.0687. The molecular formula is C16H16FN3O4. The first kappa shape index (κ1) is 17.4. The van der Waals surface area contributed by atoms with E-state index in [0.717, 1.165) is 12.5 Å². The molecule has 0 amide bonds. The average Bonchev–Trinajstić information content (AvgIpc) is 3.01. The lowest BCUT2D eigenvalue weighted by Crippen LogP contribution is -2.04. The third-order valence-electron chi connectivity index (χ3n) is 3.16. The van der Waals surface area contributed by atoms with E-state index < -0.39 is 11.8 Å². The second-order valence-corrected chi connectivity index (χ2v) is 4.87. The molecule has 1 aromatic carbocycles. The highest BCUT2D eigenvalue weighted by Crippen LogP contribution is 2.23. The number of ether oxygens (including phenoxy) is 2. The smallest absolute Gasteiger partial charge is 0.359 e. The molecule has 1 aromatic heterocycles. The Balaban J connectivity index is 2.16. The topological polar surface area (TPSA) is 97.3 Å². The van der Waals surface area contributed by atoms with Crippen molar-refractivity contribution in [1.29, 1.82) is 0 Å². The minimum absolute atomic E-state index is 0.0265. The molecule has 0 radical (unpaired) electrons. The number of halogens is 1. The zero-order chi connectivity index (χ0) is 17.5. The minimum atomic E-state index is -1.28. The van der Waals surface area contributed by atoms with Crippen LogP contribution in [0.15, 0.2) is 18.2 Å². The molecule has 2 N–H and O–H groups in total. The fraction of sp³-hybridized carbons (Fsp3) is 0.312. The third-order valence-corrected chi connectivity index (χ3v) is 3.16. The van der Waals surface area contributed by atoms with Crippen LogP contribution in [0.5, 0.6) is 11.6 Å². The van der Waals surface area contributed by atoms with Gasteiger partial charge in [-0.05, 0) is 18.6 Å². The predicted molar refractivity (Wildman–Crippen MR) is 82.4 cm³/mol. The van der Waals surface area contributed by atoms with Gasteiger partial charge in [0.15, 0.2) is 0 Å². The number of nitrogens with zero attached hydrogens (tertiary/aromatic N) is 2. The number of carboxylic acids is 1. The molecule has 0 saturated heterocycles. The highest BCUT2D eigenvalue weighted by Gasteiger charge is 2.17. The normalized spacial score (nSPS) is 11.5. The first-order valence-electron chi connectivity index (χ1n) is 7.17. The van der Waals surface area contributed by atoms with Crippen molar-refractivity contribution in [2.75, 3.05) is 13.7 Å². The third kappa shape index (κ3) is 4.30. The van der Waals surface area contributed by atoms with E-state index in [2.05, 4.69) is 27.3 Å². The molecule has 126 valence electrons. The maximum absolute atomic E-state index is 14.1. The van der Waals surface area contributed by atoms with Gasteiger partial charge >= 0.3 is 5.97 Å². The number of methoxy groups -OCH3 is 1. The van der Waals surface area contributed by atoms with E-state index in [1.165, 1.54) is 12.1 Å². The van der Waals surface area contributed by atoms with Gasteiger partial charge in [-0.2, -0.15) is 0 Å². The molecule has 2 rings (SSSR count). The monoisotopic (exact) mass is 333 g/mol. The summed E-state index contributed by atoms with van der Waals surface area (Å²) in [5.41, 5.74) is -0.0971. The van der Waals surface area contributed by atoms with E-state index >= 15 is 0 Å². The van der Waals surface area contributed by atoms with Gasteiger partial charge in [0, 0.05) is 19.1 Å². The molecule has 1 atom stereocenters. The molecule has 0 bridgehead atoms. The summed E-state index contributed by atoms with van der Waals surface area (Å²) in [6, 6.07) is 4.05. The molecule has 7 nitrogen and oxygen atoms in total. The molecule has 8 heteroatoms. The van der Waals surface area contributed by atoms with Crippen molar-refractivity contribution in [1.82, 2.24) is 15.4 Å². The lowest BCUT2D eigenvalue weighted by Gasteiger charge is -2.05. The number of aromatic nitrogens is 3. The Kier molecular flexibility index (Phi) is 5.87. The Bertz CT molecular complexity index is 779. The first-order valence-corrected chi connectivity index (χ1v) is 7.17. The maximum Gasteiger partial charge on any atom is 0.359 e. The molecule has 0 saturated carbocycles. The van der Waals surface area contributed by atoms with Crippen LogP contribution in [0, 0.1) is 23.6 Å². The number of aromatic carboxylic acids is 1. The molecule has 0 aliphatic rings. The number of hydrogen-bond acceptors (Lipinski definition) is 5. The van der Waals surface area contributed by atoms with Gasteiger partial charge in [0.25, 0.3) is 5.88 Å². The van der Waals surface area contributed by atoms with Crippen LogP contribution in [-0.4, -0.2) is 40.2 Å². The zero-order valence-electron chi connectivity index (χ0n) is 13.2. The van der Waals surface area contributed by atoms with E-state index in [4.69, 9.17) is 14.6 Å². The van der Waals surface area contributed by atoms with Crippen molar-refractivity contribution >= 4 is 5.97 Å². The molecule has 1 heterocycles. The number of carboxylic acid groups (broad SMARTS) is 1. The predicted octanol–water partition coefficient (Wildman–Crippen LogP) is 2.46. The van der Waals surface area contributed by atoms with Gasteiger partial charge in [-0.1, -0.05) is 29.1 Å². The van der Waals surface area contributed by atoms with Crippen LogP contribution in [0.1, 0.15) is 29.4 Å².